The van der Waals surface area contributed by atoms with Gasteiger partial charge >= 0.3 is 0 Å². The highest BCUT2D eigenvalue weighted by Gasteiger charge is 2.07. The summed E-state index contributed by atoms with van der Waals surface area (Å²) < 4.78 is 11.3. The van der Waals surface area contributed by atoms with Gasteiger partial charge in [0.05, 0.1) is 24.7 Å². The number of phenols is 1. The van der Waals surface area contributed by atoms with E-state index in [4.69, 9.17) is 9.47 Å². The fourth-order valence-electron chi connectivity index (χ4n) is 1.98. The number of hydrogen-bond donors (Lipinski definition) is 1. The SMILES string of the molecule is COc1ccc(O)c(C=N[C@H](C)c2ccc(OC)c(Br)c2)c1. The number of phenolic OH excluding ortho intramolecular Hbond substituents is 1. The Morgan fingerprint density at radius 3 is 2.55 bits per heavy atom. The van der Waals surface area contributed by atoms with Crippen molar-refractivity contribution in [2.45, 2.75) is 13.0 Å². The molecular weight excluding hydrogens is 346 g/mol. The molecule has 2 aromatic rings. The third kappa shape index (κ3) is 3.80. The Morgan fingerprint density at radius 1 is 1.14 bits per heavy atom. The van der Waals surface area contributed by atoms with Crippen LogP contribution in [-0.4, -0.2) is 25.5 Å². The first-order valence-electron chi connectivity index (χ1n) is 6.78. The molecule has 0 saturated heterocycles. The third-order valence-corrected chi connectivity index (χ3v) is 3.95. The summed E-state index contributed by atoms with van der Waals surface area (Å²) in [5.41, 5.74) is 1.67. The highest BCUT2D eigenvalue weighted by atomic mass is 79.9. The van der Waals surface area contributed by atoms with E-state index in [9.17, 15) is 5.11 Å². The lowest BCUT2D eigenvalue weighted by atomic mass is 10.1. The van der Waals surface area contributed by atoms with E-state index < -0.39 is 0 Å². The fourth-order valence-corrected chi connectivity index (χ4v) is 2.54. The molecule has 0 amide bonds. The fraction of sp³-hybridized carbons (Fsp3) is 0.235. The van der Waals surface area contributed by atoms with E-state index in [0.29, 0.717) is 11.3 Å². The summed E-state index contributed by atoms with van der Waals surface area (Å²) in [4.78, 5) is 4.50. The largest absolute Gasteiger partial charge is 0.507 e. The van der Waals surface area contributed by atoms with Crippen molar-refractivity contribution >= 4 is 22.1 Å². The number of aliphatic imine (C=N–C) groups is 1. The zero-order chi connectivity index (χ0) is 16.1. The predicted molar refractivity (Wildman–Crippen MR) is 91.4 cm³/mol. The average molecular weight is 364 g/mol. The van der Waals surface area contributed by atoms with Crippen LogP contribution in [0, 0.1) is 0 Å². The van der Waals surface area contributed by atoms with Crippen LogP contribution in [0.2, 0.25) is 0 Å². The van der Waals surface area contributed by atoms with E-state index in [1.165, 1.54) is 0 Å². The van der Waals surface area contributed by atoms with Crippen LogP contribution < -0.4 is 9.47 Å². The number of methoxy groups -OCH3 is 2. The van der Waals surface area contributed by atoms with Crippen molar-refractivity contribution in [1.82, 2.24) is 0 Å². The zero-order valence-electron chi connectivity index (χ0n) is 12.7. The van der Waals surface area contributed by atoms with Crippen LogP contribution >= 0.6 is 15.9 Å². The minimum Gasteiger partial charge on any atom is -0.507 e. The van der Waals surface area contributed by atoms with E-state index >= 15 is 0 Å². The highest BCUT2D eigenvalue weighted by molar-refractivity contribution is 9.10. The Kier molecular flexibility index (Phi) is 5.44. The molecule has 0 heterocycles. The highest BCUT2D eigenvalue weighted by Crippen LogP contribution is 2.29. The van der Waals surface area contributed by atoms with Crippen molar-refractivity contribution in [3.05, 3.63) is 52.0 Å². The van der Waals surface area contributed by atoms with Crippen molar-refractivity contribution in [1.29, 1.82) is 0 Å². The van der Waals surface area contributed by atoms with Gasteiger partial charge in [-0.1, -0.05) is 6.07 Å². The van der Waals surface area contributed by atoms with Crippen LogP contribution in [-0.2, 0) is 0 Å². The monoisotopic (exact) mass is 363 g/mol. The molecule has 0 spiro atoms. The van der Waals surface area contributed by atoms with Crippen molar-refractivity contribution < 1.29 is 14.6 Å². The van der Waals surface area contributed by atoms with Gasteiger partial charge in [-0.15, -0.1) is 0 Å². The molecule has 0 aliphatic heterocycles. The molecule has 22 heavy (non-hydrogen) atoms. The smallest absolute Gasteiger partial charge is 0.133 e. The first-order chi connectivity index (χ1) is 10.5. The van der Waals surface area contributed by atoms with Gasteiger partial charge in [0.1, 0.15) is 17.2 Å². The molecule has 0 unspecified atom stereocenters. The summed E-state index contributed by atoms with van der Waals surface area (Å²) in [5, 5.41) is 9.86. The van der Waals surface area contributed by atoms with E-state index in [1.807, 2.05) is 25.1 Å². The van der Waals surface area contributed by atoms with Crippen molar-refractivity contribution in [3.8, 4) is 17.2 Å². The lowest BCUT2D eigenvalue weighted by Gasteiger charge is -2.10. The van der Waals surface area contributed by atoms with Gasteiger partial charge < -0.3 is 14.6 Å². The van der Waals surface area contributed by atoms with Crippen molar-refractivity contribution in [2.24, 2.45) is 4.99 Å². The molecule has 0 saturated carbocycles. The van der Waals surface area contributed by atoms with Gasteiger partial charge in [0.2, 0.25) is 0 Å². The molecule has 0 aliphatic carbocycles. The molecule has 2 aromatic carbocycles. The molecule has 0 aromatic heterocycles. The van der Waals surface area contributed by atoms with Gasteiger partial charge in [-0.25, -0.2) is 0 Å². The van der Waals surface area contributed by atoms with Crippen LogP contribution in [0.5, 0.6) is 17.2 Å². The molecule has 1 N–H and O–H groups in total. The van der Waals surface area contributed by atoms with E-state index in [-0.39, 0.29) is 11.8 Å². The van der Waals surface area contributed by atoms with E-state index in [2.05, 4.69) is 20.9 Å². The van der Waals surface area contributed by atoms with Crippen LogP contribution in [0.25, 0.3) is 0 Å². The second-order valence-electron chi connectivity index (χ2n) is 4.77. The van der Waals surface area contributed by atoms with Crippen LogP contribution in [0.1, 0.15) is 24.1 Å². The van der Waals surface area contributed by atoms with Crippen LogP contribution in [0.3, 0.4) is 0 Å². The summed E-state index contributed by atoms with van der Waals surface area (Å²) in [6.45, 7) is 1.99. The van der Waals surface area contributed by atoms with E-state index in [1.54, 1.807) is 38.6 Å². The second kappa shape index (κ2) is 7.31. The van der Waals surface area contributed by atoms with Gasteiger partial charge in [-0.3, -0.25) is 4.99 Å². The Balaban J connectivity index is 2.21. The number of nitrogens with zero attached hydrogens (tertiary/aromatic N) is 1. The summed E-state index contributed by atoms with van der Waals surface area (Å²) >= 11 is 3.47. The van der Waals surface area contributed by atoms with Crippen LogP contribution in [0.4, 0.5) is 0 Å². The molecule has 116 valence electrons. The molecule has 0 bridgehead atoms. The Bertz CT molecular complexity index is 686. The second-order valence-corrected chi connectivity index (χ2v) is 5.63. The van der Waals surface area contributed by atoms with Gasteiger partial charge in [0, 0.05) is 11.8 Å². The Labute approximate surface area is 138 Å². The molecule has 4 nitrogen and oxygen atoms in total. The number of aromatic hydroxyl groups is 1. The van der Waals surface area contributed by atoms with E-state index in [0.717, 1.165) is 15.8 Å². The average Bonchev–Trinajstić information content (AvgIpc) is 2.53. The topological polar surface area (TPSA) is 51.0 Å². The third-order valence-electron chi connectivity index (χ3n) is 3.33. The molecule has 5 heteroatoms. The number of benzene rings is 2. The minimum absolute atomic E-state index is 0.0483. The van der Waals surface area contributed by atoms with Crippen molar-refractivity contribution in [2.75, 3.05) is 14.2 Å². The standard InChI is InChI=1S/C17H18BrNO3/c1-11(12-4-7-17(22-3)15(18)9-12)19-10-13-8-14(21-2)5-6-16(13)20/h4-11,20H,1-3H3/t11-/m1/s1. The maximum absolute atomic E-state index is 9.86. The summed E-state index contributed by atoms with van der Waals surface area (Å²) in [7, 11) is 3.22. The molecule has 0 fully saturated rings. The molecule has 0 aliphatic rings. The lowest BCUT2D eigenvalue weighted by Crippen LogP contribution is -1.94. The number of rotatable bonds is 5. The Hall–Kier alpha value is -2.01. The molecule has 0 radical (unpaired) electrons. The van der Waals surface area contributed by atoms with Crippen molar-refractivity contribution in [3.63, 3.8) is 0 Å². The quantitative estimate of drug-likeness (QED) is 0.803. The zero-order valence-corrected chi connectivity index (χ0v) is 14.3. The normalized spacial score (nSPS) is 12.4. The maximum atomic E-state index is 9.86. The minimum atomic E-state index is -0.0483. The number of ether oxygens (including phenoxy) is 2. The first kappa shape index (κ1) is 16.4. The lowest BCUT2D eigenvalue weighted by molar-refractivity contribution is 0.412. The van der Waals surface area contributed by atoms with Gasteiger partial charge in [0.25, 0.3) is 0 Å². The van der Waals surface area contributed by atoms with Crippen LogP contribution in [0.15, 0.2) is 45.9 Å². The number of hydrogen-bond acceptors (Lipinski definition) is 4. The summed E-state index contributed by atoms with van der Waals surface area (Å²) in [5.74, 6) is 1.64. The maximum Gasteiger partial charge on any atom is 0.133 e. The summed E-state index contributed by atoms with van der Waals surface area (Å²) in [6.07, 6.45) is 1.65. The predicted octanol–water partition coefficient (Wildman–Crippen LogP) is 4.35. The van der Waals surface area contributed by atoms with Gasteiger partial charge in [-0.05, 0) is 58.7 Å². The van der Waals surface area contributed by atoms with Gasteiger partial charge in [0.15, 0.2) is 0 Å². The molecule has 2 rings (SSSR count). The molecule has 1 atom stereocenters. The first-order valence-corrected chi connectivity index (χ1v) is 7.58. The van der Waals surface area contributed by atoms with Gasteiger partial charge in [-0.2, -0.15) is 0 Å². The number of halogens is 1. The molecular formula is C17H18BrNO3. The Morgan fingerprint density at radius 2 is 1.91 bits per heavy atom. The summed E-state index contributed by atoms with van der Waals surface area (Å²) in [6, 6.07) is 10.8.